The third kappa shape index (κ3) is 1.80. The zero-order chi connectivity index (χ0) is 8.27. The standard InChI is InChI=1S/C8H14N2O/c1-10-7-5-3-2-4-6(7)8(9)11/h2-3,6-7,10H,4-5H2,1H3,(H2,9,11)/t6-,7-/m1/s1. The summed E-state index contributed by atoms with van der Waals surface area (Å²) in [6, 6.07) is 0.234. The van der Waals surface area contributed by atoms with Crippen LogP contribution in [-0.4, -0.2) is 19.0 Å². The third-order valence-electron chi connectivity index (χ3n) is 2.17. The van der Waals surface area contributed by atoms with Crippen molar-refractivity contribution in [3.8, 4) is 0 Å². The Kier molecular flexibility index (Phi) is 2.65. The van der Waals surface area contributed by atoms with Gasteiger partial charge in [0.15, 0.2) is 0 Å². The van der Waals surface area contributed by atoms with E-state index < -0.39 is 0 Å². The topological polar surface area (TPSA) is 55.1 Å². The lowest BCUT2D eigenvalue weighted by atomic mass is 9.89. The van der Waals surface area contributed by atoms with Gasteiger partial charge in [-0.3, -0.25) is 4.79 Å². The van der Waals surface area contributed by atoms with E-state index in [-0.39, 0.29) is 17.9 Å². The van der Waals surface area contributed by atoms with Gasteiger partial charge in [-0.2, -0.15) is 0 Å². The molecule has 2 atom stereocenters. The zero-order valence-corrected chi connectivity index (χ0v) is 6.71. The van der Waals surface area contributed by atoms with E-state index in [1.54, 1.807) is 0 Å². The molecule has 0 bridgehead atoms. The number of carbonyl (C=O) groups is 1. The maximum absolute atomic E-state index is 10.9. The van der Waals surface area contributed by atoms with Crippen LogP contribution in [0.5, 0.6) is 0 Å². The summed E-state index contributed by atoms with van der Waals surface area (Å²) < 4.78 is 0. The lowest BCUT2D eigenvalue weighted by Crippen LogP contribution is -2.41. The minimum absolute atomic E-state index is 0.0231. The Labute approximate surface area is 66.6 Å². The molecule has 1 amide bonds. The molecule has 1 rings (SSSR count). The molecule has 0 unspecified atom stereocenters. The number of rotatable bonds is 2. The van der Waals surface area contributed by atoms with E-state index in [2.05, 4.69) is 11.4 Å². The van der Waals surface area contributed by atoms with E-state index in [1.165, 1.54) is 0 Å². The molecule has 0 heterocycles. The van der Waals surface area contributed by atoms with Gasteiger partial charge < -0.3 is 11.1 Å². The summed E-state index contributed by atoms with van der Waals surface area (Å²) in [7, 11) is 1.86. The molecule has 0 saturated heterocycles. The van der Waals surface area contributed by atoms with E-state index in [0.29, 0.717) is 0 Å². The van der Waals surface area contributed by atoms with Crippen molar-refractivity contribution in [3.05, 3.63) is 12.2 Å². The van der Waals surface area contributed by atoms with Crippen LogP contribution in [0, 0.1) is 5.92 Å². The molecule has 0 aromatic rings. The molecule has 0 aromatic heterocycles. The number of carbonyl (C=O) groups excluding carboxylic acids is 1. The van der Waals surface area contributed by atoms with Crippen LogP contribution < -0.4 is 11.1 Å². The molecule has 0 aromatic carbocycles. The second-order valence-electron chi connectivity index (χ2n) is 2.85. The highest BCUT2D eigenvalue weighted by atomic mass is 16.1. The monoisotopic (exact) mass is 154 g/mol. The number of nitrogens with two attached hydrogens (primary N) is 1. The van der Waals surface area contributed by atoms with Gasteiger partial charge in [-0.25, -0.2) is 0 Å². The summed E-state index contributed by atoms with van der Waals surface area (Å²) >= 11 is 0. The normalized spacial score (nSPS) is 30.3. The Bertz CT molecular complexity index is 177. The van der Waals surface area contributed by atoms with Crippen LogP contribution >= 0.6 is 0 Å². The minimum Gasteiger partial charge on any atom is -0.369 e. The summed E-state index contributed by atoms with van der Waals surface area (Å²) in [5, 5.41) is 3.08. The fourth-order valence-corrected chi connectivity index (χ4v) is 1.45. The highest BCUT2D eigenvalue weighted by Gasteiger charge is 2.25. The van der Waals surface area contributed by atoms with Gasteiger partial charge in [0, 0.05) is 6.04 Å². The van der Waals surface area contributed by atoms with Crippen molar-refractivity contribution < 1.29 is 4.79 Å². The summed E-state index contributed by atoms with van der Waals surface area (Å²) in [5.74, 6) is -0.223. The molecule has 0 fully saturated rings. The fourth-order valence-electron chi connectivity index (χ4n) is 1.45. The van der Waals surface area contributed by atoms with Crippen LogP contribution in [0.1, 0.15) is 12.8 Å². The van der Waals surface area contributed by atoms with Crippen molar-refractivity contribution in [3.63, 3.8) is 0 Å². The fraction of sp³-hybridized carbons (Fsp3) is 0.625. The van der Waals surface area contributed by atoms with Crippen LogP contribution in [0.4, 0.5) is 0 Å². The molecule has 62 valence electrons. The molecular weight excluding hydrogens is 140 g/mol. The second-order valence-corrected chi connectivity index (χ2v) is 2.85. The van der Waals surface area contributed by atoms with Crippen molar-refractivity contribution in [2.45, 2.75) is 18.9 Å². The summed E-state index contributed by atoms with van der Waals surface area (Å²) in [5.41, 5.74) is 5.22. The van der Waals surface area contributed by atoms with Crippen molar-refractivity contribution in [2.24, 2.45) is 11.7 Å². The first kappa shape index (κ1) is 8.27. The number of hydrogen-bond acceptors (Lipinski definition) is 2. The molecule has 11 heavy (non-hydrogen) atoms. The number of primary amides is 1. The first-order chi connectivity index (χ1) is 5.25. The van der Waals surface area contributed by atoms with E-state index in [9.17, 15) is 4.79 Å². The van der Waals surface area contributed by atoms with E-state index in [0.717, 1.165) is 12.8 Å². The maximum atomic E-state index is 10.9. The van der Waals surface area contributed by atoms with Crippen LogP contribution in [0.25, 0.3) is 0 Å². The predicted octanol–water partition coefficient (Wildman–Crippen LogP) is 0.0259. The highest BCUT2D eigenvalue weighted by Crippen LogP contribution is 2.17. The van der Waals surface area contributed by atoms with Crippen molar-refractivity contribution >= 4 is 5.91 Å². The predicted molar refractivity (Wildman–Crippen MR) is 43.9 cm³/mol. The molecule has 0 spiro atoms. The first-order valence-corrected chi connectivity index (χ1v) is 3.87. The number of hydrogen-bond donors (Lipinski definition) is 2. The van der Waals surface area contributed by atoms with E-state index >= 15 is 0 Å². The van der Waals surface area contributed by atoms with Crippen LogP contribution in [0.3, 0.4) is 0 Å². The van der Waals surface area contributed by atoms with Gasteiger partial charge in [-0.15, -0.1) is 0 Å². The van der Waals surface area contributed by atoms with E-state index in [1.807, 2.05) is 13.1 Å². The van der Waals surface area contributed by atoms with Crippen LogP contribution in [-0.2, 0) is 4.79 Å². The molecule has 0 aliphatic heterocycles. The Morgan fingerprint density at radius 3 is 2.64 bits per heavy atom. The van der Waals surface area contributed by atoms with Gasteiger partial charge in [-0.05, 0) is 19.9 Å². The number of allylic oxidation sites excluding steroid dienone is 1. The molecule has 1 aliphatic carbocycles. The van der Waals surface area contributed by atoms with Gasteiger partial charge >= 0.3 is 0 Å². The van der Waals surface area contributed by atoms with Crippen LogP contribution in [0.15, 0.2) is 12.2 Å². The van der Waals surface area contributed by atoms with Gasteiger partial charge in [0.05, 0.1) is 5.92 Å². The maximum Gasteiger partial charge on any atom is 0.222 e. The number of nitrogens with one attached hydrogen (secondary N) is 1. The molecule has 1 aliphatic rings. The van der Waals surface area contributed by atoms with Crippen LogP contribution in [0.2, 0.25) is 0 Å². The molecule has 0 saturated carbocycles. The van der Waals surface area contributed by atoms with Crippen molar-refractivity contribution in [1.82, 2.24) is 5.32 Å². The third-order valence-corrected chi connectivity index (χ3v) is 2.17. The Hall–Kier alpha value is -0.830. The first-order valence-electron chi connectivity index (χ1n) is 3.87. The molecular formula is C8H14N2O. The van der Waals surface area contributed by atoms with Gasteiger partial charge in [0.25, 0.3) is 0 Å². The summed E-state index contributed by atoms with van der Waals surface area (Å²) in [4.78, 5) is 10.9. The van der Waals surface area contributed by atoms with Crippen molar-refractivity contribution in [2.75, 3.05) is 7.05 Å². The average Bonchev–Trinajstić information content (AvgIpc) is 2.04. The molecule has 3 nitrogen and oxygen atoms in total. The second kappa shape index (κ2) is 3.53. The summed E-state index contributed by atoms with van der Waals surface area (Å²) in [6.45, 7) is 0. The van der Waals surface area contributed by atoms with Gasteiger partial charge in [0.1, 0.15) is 0 Å². The van der Waals surface area contributed by atoms with Gasteiger partial charge in [0.2, 0.25) is 5.91 Å². The lowest BCUT2D eigenvalue weighted by Gasteiger charge is -2.25. The molecule has 3 N–H and O–H groups in total. The van der Waals surface area contributed by atoms with E-state index in [4.69, 9.17) is 5.73 Å². The Morgan fingerprint density at radius 1 is 1.55 bits per heavy atom. The largest absolute Gasteiger partial charge is 0.369 e. The average molecular weight is 154 g/mol. The summed E-state index contributed by atoms with van der Waals surface area (Å²) in [6.07, 6.45) is 5.79. The SMILES string of the molecule is CN[C@@H]1CC=CC[C@H]1C(N)=O. The molecule has 3 heteroatoms. The van der Waals surface area contributed by atoms with Gasteiger partial charge in [-0.1, -0.05) is 12.2 Å². The highest BCUT2D eigenvalue weighted by molar-refractivity contribution is 5.77. The quantitative estimate of drug-likeness (QED) is 0.551. The zero-order valence-electron chi connectivity index (χ0n) is 6.71. The molecule has 0 radical (unpaired) electrons. The lowest BCUT2D eigenvalue weighted by molar-refractivity contribution is -0.122. The Balaban J connectivity index is 2.61. The van der Waals surface area contributed by atoms with Crippen molar-refractivity contribution in [1.29, 1.82) is 0 Å². The smallest absolute Gasteiger partial charge is 0.222 e. The Morgan fingerprint density at radius 2 is 2.18 bits per heavy atom. The minimum atomic E-state index is -0.200. The number of amides is 1.